The second-order valence-electron chi connectivity index (χ2n) is 7.32. The van der Waals surface area contributed by atoms with Gasteiger partial charge in [0.25, 0.3) is 5.91 Å². The van der Waals surface area contributed by atoms with Crippen molar-refractivity contribution >= 4 is 52.5 Å². The summed E-state index contributed by atoms with van der Waals surface area (Å²) in [5.74, 6) is -0.443. The van der Waals surface area contributed by atoms with Crippen molar-refractivity contribution in [2.75, 3.05) is 37.0 Å². The van der Waals surface area contributed by atoms with E-state index in [1.807, 2.05) is 18.2 Å². The molecule has 0 unspecified atom stereocenters. The lowest BCUT2D eigenvalue weighted by Crippen LogP contribution is -2.51. The van der Waals surface area contributed by atoms with Gasteiger partial charge in [0, 0.05) is 23.7 Å². The molecule has 2 aromatic rings. The smallest absolute Gasteiger partial charge is 0.250 e. The number of thioether (sulfide) groups is 1. The summed E-state index contributed by atoms with van der Waals surface area (Å²) in [5, 5.41) is 2.25. The largest absolute Gasteiger partial charge is 0.495 e. The Labute approximate surface area is 189 Å². The van der Waals surface area contributed by atoms with Crippen LogP contribution in [0.4, 0.5) is 11.4 Å². The van der Waals surface area contributed by atoms with E-state index in [0.717, 1.165) is 17.7 Å². The third-order valence-corrected chi connectivity index (χ3v) is 6.80. The molecule has 2 aromatic carbocycles. The summed E-state index contributed by atoms with van der Waals surface area (Å²) >= 11 is 7.38. The summed E-state index contributed by atoms with van der Waals surface area (Å²) in [6, 6.07) is 12.2. The number of likely N-dealkylation sites (tertiary alicyclic amines) is 1. The second kappa shape index (κ2) is 9.20. The number of carbonyl (C=O) groups is 3. The highest BCUT2D eigenvalue weighted by Gasteiger charge is 2.41. The van der Waals surface area contributed by atoms with E-state index in [9.17, 15) is 14.4 Å². The number of hydrogen-bond donors (Lipinski definition) is 1. The maximum atomic E-state index is 13.3. The minimum absolute atomic E-state index is 0.186. The summed E-state index contributed by atoms with van der Waals surface area (Å²) in [6.07, 6.45) is 1.90. The van der Waals surface area contributed by atoms with Crippen molar-refractivity contribution in [2.45, 2.75) is 23.0 Å². The number of ether oxygens (including phenoxy) is 1. The van der Waals surface area contributed by atoms with Gasteiger partial charge < -0.3 is 19.9 Å². The van der Waals surface area contributed by atoms with Crippen LogP contribution in [0.25, 0.3) is 0 Å². The number of benzene rings is 2. The molecule has 31 heavy (non-hydrogen) atoms. The number of amides is 3. The van der Waals surface area contributed by atoms with E-state index in [1.54, 1.807) is 29.2 Å². The first kappa shape index (κ1) is 21.5. The molecule has 1 saturated heterocycles. The van der Waals surface area contributed by atoms with Gasteiger partial charge in [-0.1, -0.05) is 23.7 Å². The summed E-state index contributed by atoms with van der Waals surface area (Å²) in [7, 11) is 1.51. The summed E-state index contributed by atoms with van der Waals surface area (Å²) in [6.45, 7) is 1.14. The monoisotopic (exact) mass is 459 g/mol. The van der Waals surface area contributed by atoms with Crippen LogP contribution in [0.15, 0.2) is 47.4 Å². The third kappa shape index (κ3) is 4.50. The molecule has 3 amide bonds. The van der Waals surface area contributed by atoms with Crippen molar-refractivity contribution < 1.29 is 19.1 Å². The molecule has 0 bridgehead atoms. The van der Waals surface area contributed by atoms with Crippen molar-refractivity contribution in [1.82, 2.24) is 4.90 Å². The summed E-state index contributed by atoms with van der Waals surface area (Å²) in [4.78, 5) is 42.9. The second-order valence-corrected chi connectivity index (χ2v) is 8.87. The molecule has 1 N–H and O–H groups in total. The Bertz CT molecular complexity index is 1030. The van der Waals surface area contributed by atoms with Crippen LogP contribution >= 0.6 is 23.4 Å². The first-order valence-corrected chi connectivity index (χ1v) is 11.2. The lowest BCUT2D eigenvalue weighted by atomic mass is 10.2. The van der Waals surface area contributed by atoms with Gasteiger partial charge in [0.05, 0.1) is 17.8 Å². The number of nitrogens with one attached hydrogen (secondary N) is 1. The average Bonchev–Trinajstić information content (AvgIpc) is 3.30. The zero-order valence-electron chi connectivity index (χ0n) is 17.0. The topological polar surface area (TPSA) is 79.0 Å². The Balaban J connectivity index is 1.54. The fourth-order valence-electron chi connectivity index (χ4n) is 3.73. The molecule has 1 fully saturated rings. The molecule has 2 aliphatic heterocycles. The zero-order chi connectivity index (χ0) is 22.0. The number of anilines is 2. The van der Waals surface area contributed by atoms with Crippen LogP contribution in [0.1, 0.15) is 12.8 Å². The van der Waals surface area contributed by atoms with Gasteiger partial charge in [-0.3, -0.25) is 14.4 Å². The van der Waals surface area contributed by atoms with Gasteiger partial charge in [-0.25, -0.2) is 0 Å². The number of rotatable bonds is 5. The molecule has 0 spiro atoms. The van der Waals surface area contributed by atoms with E-state index in [4.69, 9.17) is 16.3 Å². The first-order valence-electron chi connectivity index (χ1n) is 9.97. The van der Waals surface area contributed by atoms with E-state index in [1.165, 1.54) is 23.8 Å². The van der Waals surface area contributed by atoms with E-state index >= 15 is 0 Å². The van der Waals surface area contributed by atoms with Gasteiger partial charge in [-0.05, 0) is 43.2 Å². The van der Waals surface area contributed by atoms with Crippen LogP contribution in [0, 0.1) is 0 Å². The molecule has 162 valence electrons. The molecule has 7 nitrogen and oxygen atoms in total. The molecule has 0 radical (unpaired) electrons. The van der Waals surface area contributed by atoms with Crippen molar-refractivity contribution in [3.63, 3.8) is 0 Å². The lowest BCUT2D eigenvalue weighted by molar-refractivity contribution is -0.134. The SMILES string of the molecule is COc1ccc(NC(=O)CN2C(=O)[C@H](C(=O)N3CCCC3)Sc3ccccc32)cc1Cl. The number of hydrogen-bond acceptors (Lipinski definition) is 5. The standard InChI is InChI=1S/C22H22ClN3O4S/c1-30-17-9-8-14(12-15(17)23)24-19(27)13-26-16-6-2-3-7-18(16)31-20(22(26)29)21(28)25-10-4-5-11-25/h2-3,6-9,12,20H,4-5,10-11,13H2,1H3,(H,24,27)/t20-/m0/s1. The van der Waals surface area contributed by atoms with Crippen molar-refractivity contribution in [2.24, 2.45) is 0 Å². The summed E-state index contributed by atoms with van der Waals surface area (Å²) in [5.41, 5.74) is 1.12. The molecular formula is C22H22ClN3O4S. The van der Waals surface area contributed by atoms with Gasteiger partial charge in [0.15, 0.2) is 5.25 Å². The Morgan fingerprint density at radius 1 is 1.19 bits per heavy atom. The first-order chi connectivity index (χ1) is 15.0. The number of carbonyl (C=O) groups excluding carboxylic acids is 3. The van der Waals surface area contributed by atoms with E-state index in [2.05, 4.69) is 5.32 Å². The number of para-hydroxylation sites is 1. The van der Waals surface area contributed by atoms with Crippen LogP contribution in [0.5, 0.6) is 5.75 Å². The lowest BCUT2D eigenvalue weighted by Gasteiger charge is -2.34. The van der Waals surface area contributed by atoms with Gasteiger partial charge >= 0.3 is 0 Å². The molecule has 1 atom stereocenters. The van der Waals surface area contributed by atoms with Gasteiger partial charge in [-0.2, -0.15) is 0 Å². The van der Waals surface area contributed by atoms with Crippen molar-refractivity contribution in [1.29, 1.82) is 0 Å². The average molecular weight is 460 g/mol. The maximum Gasteiger partial charge on any atom is 0.250 e. The zero-order valence-corrected chi connectivity index (χ0v) is 18.5. The molecule has 9 heteroatoms. The highest BCUT2D eigenvalue weighted by atomic mass is 35.5. The predicted molar refractivity (Wildman–Crippen MR) is 121 cm³/mol. The molecule has 0 aromatic heterocycles. The van der Waals surface area contributed by atoms with Crippen molar-refractivity contribution in [3.8, 4) is 5.75 Å². The fourth-order valence-corrected chi connectivity index (χ4v) is 5.17. The van der Waals surface area contributed by atoms with Gasteiger partial charge in [-0.15, -0.1) is 11.8 Å². The Morgan fingerprint density at radius 3 is 2.65 bits per heavy atom. The minimum Gasteiger partial charge on any atom is -0.495 e. The number of halogens is 1. The molecular weight excluding hydrogens is 438 g/mol. The number of fused-ring (bicyclic) bond motifs is 1. The Kier molecular flexibility index (Phi) is 6.38. The summed E-state index contributed by atoms with van der Waals surface area (Å²) < 4.78 is 5.12. The van der Waals surface area contributed by atoms with E-state index in [0.29, 0.717) is 35.2 Å². The van der Waals surface area contributed by atoms with Crippen LogP contribution in [-0.4, -0.2) is 54.6 Å². The molecule has 0 saturated carbocycles. The van der Waals surface area contributed by atoms with E-state index in [-0.39, 0.29) is 24.3 Å². The molecule has 2 aliphatic rings. The van der Waals surface area contributed by atoms with Crippen LogP contribution in [-0.2, 0) is 14.4 Å². The Hall–Kier alpha value is -2.71. The fraction of sp³-hybridized carbons (Fsp3) is 0.318. The predicted octanol–water partition coefficient (Wildman–Crippen LogP) is 3.42. The molecule has 2 heterocycles. The quantitative estimate of drug-likeness (QED) is 0.693. The highest BCUT2D eigenvalue weighted by molar-refractivity contribution is 8.01. The van der Waals surface area contributed by atoms with Crippen molar-refractivity contribution in [3.05, 3.63) is 47.5 Å². The van der Waals surface area contributed by atoms with Crippen LogP contribution in [0.2, 0.25) is 5.02 Å². The normalized spacial score (nSPS) is 18.0. The minimum atomic E-state index is -0.878. The number of nitrogens with zero attached hydrogens (tertiary/aromatic N) is 2. The van der Waals surface area contributed by atoms with Crippen LogP contribution < -0.4 is 15.0 Å². The maximum absolute atomic E-state index is 13.3. The van der Waals surface area contributed by atoms with E-state index < -0.39 is 5.25 Å². The highest BCUT2D eigenvalue weighted by Crippen LogP contribution is 2.40. The third-order valence-electron chi connectivity index (χ3n) is 5.27. The Morgan fingerprint density at radius 2 is 1.94 bits per heavy atom. The van der Waals surface area contributed by atoms with Gasteiger partial charge in [0.1, 0.15) is 12.3 Å². The number of methoxy groups -OCH3 is 1. The molecule has 0 aliphatic carbocycles. The van der Waals surface area contributed by atoms with Crippen LogP contribution in [0.3, 0.4) is 0 Å². The van der Waals surface area contributed by atoms with Gasteiger partial charge in [0.2, 0.25) is 11.8 Å². The molecule has 4 rings (SSSR count).